The maximum atomic E-state index is 12.6. The van der Waals surface area contributed by atoms with Gasteiger partial charge in [-0.15, -0.1) is 0 Å². The van der Waals surface area contributed by atoms with Crippen LogP contribution in [0, 0.1) is 0 Å². The molecule has 5 nitrogen and oxygen atoms in total. The largest absolute Gasteiger partial charge is 0.343 e. The van der Waals surface area contributed by atoms with E-state index in [1.54, 1.807) is 0 Å². The summed E-state index contributed by atoms with van der Waals surface area (Å²) in [5.74, 6) is 0.364. The van der Waals surface area contributed by atoms with Crippen molar-refractivity contribution < 1.29 is 9.59 Å². The van der Waals surface area contributed by atoms with Crippen LogP contribution in [0.5, 0.6) is 0 Å². The van der Waals surface area contributed by atoms with Gasteiger partial charge in [0, 0.05) is 39.5 Å². The molecule has 24 heavy (non-hydrogen) atoms. The van der Waals surface area contributed by atoms with Crippen molar-refractivity contribution in [3.8, 4) is 0 Å². The van der Waals surface area contributed by atoms with E-state index in [1.165, 1.54) is 0 Å². The number of likely N-dealkylation sites (N-methyl/N-ethyl adjacent to an activating group) is 2. The predicted octanol–water partition coefficient (Wildman–Crippen LogP) is 2.15. The molecular formula is C19H29N3O2. The number of likely N-dealkylation sites (tertiary alicyclic amines) is 1. The Morgan fingerprint density at radius 3 is 2.50 bits per heavy atom. The summed E-state index contributed by atoms with van der Waals surface area (Å²) in [5, 5.41) is 0. The minimum atomic E-state index is 0.0436. The van der Waals surface area contributed by atoms with Crippen molar-refractivity contribution >= 4 is 11.8 Å². The Hall–Kier alpha value is -1.88. The first-order valence-electron chi connectivity index (χ1n) is 8.72. The fourth-order valence-electron chi connectivity index (χ4n) is 3.18. The fraction of sp³-hybridized carbons (Fsp3) is 0.579. The van der Waals surface area contributed by atoms with Crippen LogP contribution in [0.15, 0.2) is 30.3 Å². The predicted molar refractivity (Wildman–Crippen MR) is 95.6 cm³/mol. The second-order valence-electron chi connectivity index (χ2n) is 6.78. The quantitative estimate of drug-likeness (QED) is 0.733. The molecule has 1 aliphatic rings. The molecule has 132 valence electrons. The summed E-state index contributed by atoms with van der Waals surface area (Å²) in [6.45, 7) is 2.33. The number of hydrogen-bond acceptors (Lipinski definition) is 3. The highest BCUT2D eigenvalue weighted by atomic mass is 16.2. The van der Waals surface area contributed by atoms with Crippen LogP contribution in [0.4, 0.5) is 0 Å². The normalized spacial score (nSPS) is 15.8. The number of hydrogen-bond donors (Lipinski definition) is 0. The van der Waals surface area contributed by atoms with Gasteiger partial charge in [-0.25, -0.2) is 0 Å². The topological polar surface area (TPSA) is 43.9 Å². The molecule has 1 aliphatic heterocycles. The van der Waals surface area contributed by atoms with Crippen LogP contribution in [-0.4, -0.2) is 67.3 Å². The first-order chi connectivity index (χ1) is 11.5. The molecule has 0 aromatic heterocycles. The van der Waals surface area contributed by atoms with Crippen molar-refractivity contribution in [3.63, 3.8) is 0 Å². The van der Waals surface area contributed by atoms with Crippen molar-refractivity contribution in [2.24, 2.45) is 0 Å². The monoisotopic (exact) mass is 331 g/mol. The van der Waals surface area contributed by atoms with Crippen LogP contribution in [0.25, 0.3) is 0 Å². The molecular weight excluding hydrogens is 302 g/mol. The van der Waals surface area contributed by atoms with Gasteiger partial charge in [0.25, 0.3) is 0 Å². The summed E-state index contributed by atoms with van der Waals surface area (Å²) in [7, 11) is 5.92. The van der Waals surface area contributed by atoms with Gasteiger partial charge >= 0.3 is 0 Å². The summed E-state index contributed by atoms with van der Waals surface area (Å²) >= 11 is 0. The Labute approximate surface area is 145 Å². The zero-order valence-corrected chi connectivity index (χ0v) is 15.1. The summed E-state index contributed by atoms with van der Waals surface area (Å²) in [6, 6.07) is 10.2. The van der Waals surface area contributed by atoms with Gasteiger partial charge in [0.1, 0.15) is 0 Å². The molecule has 1 atom stereocenters. The molecule has 0 saturated carbocycles. The van der Waals surface area contributed by atoms with Gasteiger partial charge in [0.2, 0.25) is 11.8 Å². The molecule has 1 aromatic carbocycles. The van der Waals surface area contributed by atoms with Crippen molar-refractivity contribution in [2.75, 3.05) is 40.8 Å². The van der Waals surface area contributed by atoms with Gasteiger partial charge in [-0.3, -0.25) is 9.59 Å². The van der Waals surface area contributed by atoms with Gasteiger partial charge in [-0.05, 0) is 32.5 Å². The maximum Gasteiger partial charge on any atom is 0.222 e. The Bertz CT molecular complexity index is 545. The molecule has 0 radical (unpaired) electrons. The summed E-state index contributed by atoms with van der Waals surface area (Å²) < 4.78 is 0. The highest BCUT2D eigenvalue weighted by Gasteiger charge is 2.23. The molecule has 2 rings (SSSR count). The van der Waals surface area contributed by atoms with E-state index in [4.69, 9.17) is 0 Å². The smallest absolute Gasteiger partial charge is 0.222 e. The lowest BCUT2D eigenvalue weighted by Gasteiger charge is -2.31. The number of amides is 2. The zero-order chi connectivity index (χ0) is 17.5. The van der Waals surface area contributed by atoms with Gasteiger partial charge in [-0.1, -0.05) is 30.3 Å². The third kappa shape index (κ3) is 5.06. The lowest BCUT2D eigenvalue weighted by atomic mass is 10.0. The molecule has 5 heteroatoms. The molecule has 1 aromatic rings. The first kappa shape index (κ1) is 18.5. The number of rotatable bonds is 8. The van der Waals surface area contributed by atoms with Crippen LogP contribution in [0.1, 0.15) is 37.3 Å². The van der Waals surface area contributed by atoms with Gasteiger partial charge in [0.15, 0.2) is 0 Å². The SMILES string of the molecule is CN(C)C[C@H](c1ccccc1)N(C)C(=O)CCCN1CCCC1=O. The Morgan fingerprint density at radius 1 is 1.21 bits per heavy atom. The Morgan fingerprint density at radius 2 is 1.92 bits per heavy atom. The number of nitrogens with zero attached hydrogens (tertiary/aromatic N) is 3. The van der Waals surface area contributed by atoms with E-state index in [-0.39, 0.29) is 17.9 Å². The van der Waals surface area contributed by atoms with Crippen LogP contribution in [0.2, 0.25) is 0 Å². The third-order valence-electron chi connectivity index (χ3n) is 4.57. The zero-order valence-electron chi connectivity index (χ0n) is 15.1. The number of carbonyl (C=O) groups is 2. The van der Waals surface area contributed by atoms with Crippen LogP contribution >= 0.6 is 0 Å². The van der Waals surface area contributed by atoms with E-state index in [1.807, 2.05) is 49.1 Å². The standard InChI is InChI=1S/C19H29N3O2/c1-20(2)15-17(16-9-5-4-6-10-16)21(3)18(23)11-7-13-22-14-8-12-19(22)24/h4-6,9-10,17H,7-8,11-15H2,1-3H3/t17-/m1/s1. The second kappa shape index (κ2) is 8.83. The molecule has 1 saturated heterocycles. The maximum absolute atomic E-state index is 12.6. The molecule has 1 heterocycles. The van der Waals surface area contributed by atoms with Crippen molar-refractivity contribution in [1.29, 1.82) is 0 Å². The van der Waals surface area contributed by atoms with Crippen LogP contribution in [0.3, 0.4) is 0 Å². The van der Waals surface area contributed by atoms with Crippen molar-refractivity contribution in [2.45, 2.75) is 31.7 Å². The van der Waals surface area contributed by atoms with Crippen molar-refractivity contribution in [3.05, 3.63) is 35.9 Å². The minimum absolute atomic E-state index is 0.0436. The molecule has 0 bridgehead atoms. The van der Waals surface area contributed by atoms with E-state index >= 15 is 0 Å². The van der Waals surface area contributed by atoms with Crippen molar-refractivity contribution in [1.82, 2.24) is 14.7 Å². The highest BCUT2D eigenvalue weighted by Crippen LogP contribution is 2.21. The summed E-state index contributed by atoms with van der Waals surface area (Å²) in [4.78, 5) is 30.0. The van der Waals surface area contributed by atoms with E-state index in [0.717, 1.165) is 31.5 Å². The number of carbonyl (C=O) groups excluding carboxylic acids is 2. The third-order valence-corrected chi connectivity index (χ3v) is 4.57. The Balaban J connectivity index is 1.91. The van der Waals surface area contributed by atoms with E-state index in [9.17, 15) is 9.59 Å². The average Bonchev–Trinajstić information content (AvgIpc) is 2.97. The van der Waals surface area contributed by atoms with E-state index in [2.05, 4.69) is 17.0 Å². The number of benzene rings is 1. The van der Waals surface area contributed by atoms with E-state index in [0.29, 0.717) is 19.4 Å². The Kier molecular flexibility index (Phi) is 6.79. The van der Waals surface area contributed by atoms with Gasteiger partial charge in [-0.2, -0.15) is 0 Å². The molecule has 1 fully saturated rings. The molecule has 0 N–H and O–H groups in total. The first-order valence-corrected chi connectivity index (χ1v) is 8.72. The lowest BCUT2D eigenvalue weighted by Crippen LogP contribution is -2.37. The summed E-state index contributed by atoms with van der Waals surface area (Å²) in [6.07, 6.45) is 2.83. The summed E-state index contributed by atoms with van der Waals surface area (Å²) in [5.41, 5.74) is 1.15. The molecule has 0 spiro atoms. The van der Waals surface area contributed by atoms with Gasteiger partial charge in [0.05, 0.1) is 6.04 Å². The second-order valence-corrected chi connectivity index (χ2v) is 6.78. The highest BCUT2D eigenvalue weighted by molar-refractivity contribution is 5.78. The van der Waals surface area contributed by atoms with E-state index < -0.39 is 0 Å². The molecule has 0 unspecified atom stereocenters. The van der Waals surface area contributed by atoms with Crippen LogP contribution < -0.4 is 0 Å². The van der Waals surface area contributed by atoms with Gasteiger partial charge < -0.3 is 14.7 Å². The lowest BCUT2D eigenvalue weighted by molar-refractivity contribution is -0.133. The van der Waals surface area contributed by atoms with Crippen LogP contribution in [-0.2, 0) is 9.59 Å². The minimum Gasteiger partial charge on any atom is -0.343 e. The molecule has 0 aliphatic carbocycles. The molecule has 2 amide bonds. The fourth-order valence-corrected chi connectivity index (χ4v) is 3.18. The average molecular weight is 331 g/mol.